The number of carbonyl (C=O) groups excluding carboxylic acids is 1. The molecule has 7 heteroatoms. The Kier molecular flexibility index (Phi) is 8.27. The van der Waals surface area contributed by atoms with Crippen molar-refractivity contribution in [1.82, 2.24) is 19.9 Å². The summed E-state index contributed by atoms with van der Waals surface area (Å²) in [4.78, 5) is 29.1. The first kappa shape index (κ1) is 26.5. The molecule has 4 aromatic rings. The van der Waals surface area contributed by atoms with Crippen molar-refractivity contribution in [3.05, 3.63) is 95.4 Å². The third-order valence-electron chi connectivity index (χ3n) is 7.23. The molecule has 1 aliphatic heterocycles. The van der Waals surface area contributed by atoms with Gasteiger partial charge in [-0.25, -0.2) is 9.97 Å². The minimum Gasteiger partial charge on any atom is -0.324 e. The van der Waals surface area contributed by atoms with Crippen molar-refractivity contribution < 1.29 is 4.79 Å². The summed E-state index contributed by atoms with van der Waals surface area (Å²) in [5.41, 5.74) is 7.35. The number of hydrogen-bond acceptors (Lipinski definition) is 6. The lowest BCUT2D eigenvalue weighted by atomic mass is 9.89. The van der Waals surface area contributed by atoms with Crippen LogP contribution in [0.4, 0.5) is 17.3 Å². The van der Waals surface area contributed by atoms with Crippen molar-refractivity contribution in [2.75, 3.05) is 30.3 Å². The maximum Gasteiger partial charge on any atom is 0.255 e. The number of nitrogens with zero attached hydrogens (tertiary/aromatic N) is 4. The Morgan fingerprint density at radius 1 is 1.08 bits per heavy atom. The summed E-state index contributed by atoms with van der Waals surface area (Å²) in [6, 6.07) is 17.8. The summed E-state index contributed by atoms with van der Waals surface area (Å²) >= 11 is 0. The normalized spacial score (nSPS) is 15.6. The zero-order valence-electron chi connectivity index (χ0n) is 22.9. The smallest absolute Gasteiger partial charge is 0.255 e. The van der Waals surface area contributed by atoms with Gasteiger partial charge in [-0.15, -0.1) is 0 Å². The Hall–Kier alpha value is -4.10. The molecule has 1 atom stereocenters. The number of aryl methyl sites for hydroxylation is 2. The molecule has 5 rings (SSSR count). The fourth-order valence-electron chi connectivity index (χ4n) is 5.28. The Morgan fingerprint density at radius 2 is 1.97 bits per heavy atom. The van der Waals surface area contributed by atoms with Crippen LogP contribution in [0, 0.1) is 13.8 Å². The van der Waals surface area contributed by atoms with Gasteiger partial charge in [-0.2, -0.15) is 0 Å². The highest BCUT2D eigenvalue weighted by atomic mass is 16.1. The molecule has 0 bridgehead atoms. The number of amides is 1. The molecule has 39 heavy (non-hydrogen) atoms. The molecule has 0 saturated carbocycles. The van der Waals surface area contributed by atoms with Gasteiger partial charge in [0.2, 0.25) is 5.95 Å². The molecular weight excluding hydrogens is 484 g/mol. The maximum atomic E-state index is 13.3. The average molecular weight is 521 g/mol. The van der Waals surface area contributed by atoms with Crippen LogP contribution in [0.5, 0.6) is 0 Å². The molecule has 0 radical (unpaired) electrons. The Labute approximate surface area is 230 Å². The first-order valence-electron chi connectivity index (χ1n) is 13.7. The molecule has 200 valence electrons. The van der Waals surface area contributed by atoms with Gasteiger partial charge in [-0.05, 0) is 111 Å². The van der Waals surface area contributed by atoms with Crippen LogP contribution in [0.2, 0.25) is 0 Å². The number of aromatic nitrogens is 3. The van der Waals surface area contributed by atoms with Gasteiger partial charge in [-0.3, -0.25) is 9.78 Å². The summed E-state index contributed by atoms with van der Waals surface area (Å²) in [7, 11) is 0. The first-order valence-corrected chi connectivity index (χ1v) is 13.7. The van der Waals surface area contributed by atoms with Crippen molar-refractivity contribution in [2.24, 2.45) is 0 Å². The van der Waals surface area contributed by atoms with E-state index < -0.39 is 0 Å². The highest BCUT2D eigenvalue weighted by Gasteiger charge is 2.21. The number of nitrogens with one attached hydrogen (secondary N) is 2. The number of anilines is 3. The SMILES string of the molecule is CCCN1CCCC(c2cc(C)cc(NC(=O)c3ccc(C)c(Nc4nccc(-c5cccnc5)n4)c3)c2)C1. The van der Waals surface area contributed by atoms with Gasteiger partial charge in [0.25, 0.3) is 5.91 Å². The first-order chi connectivity index (χ1) is 19.0. The van der Waals surface area contributed by atoms with Crippen molar-refractivity contribution in [1.29, 1.82) is 0 Å². The molecule has 7 nitrogen and oxygen atoms in total. The Bertz CT molecular complexity index is 1440. The van der Waals surface area contributed by atoms with Gasteiger partial charge in [-0.1, -0.05) is 19.1 Å². The van der Waals surface area contributed by atoms with Gasteiger partial charge >= 0.3 is 0 Å². The molecule has 1 aliphatic rings. The topological polar surface area (TPSA) is 83.0 Å². The molecular formula is C32H36N6O. The number of pyridine rings is 1. The van der Waals surface area contributed by atoms with Crippen molar-refractivity contribution >= 4 is 23.2 Å². The lowest BCUT2D eigenvalue weighted by Crippen LogP contribution is -2.34. The van der Waals surface area contributed by atoms with E-state index in [1.165, 1.54) is 31.4 Å². The number of rotatable bonds is 8. The zero-order chi connectivity index (χ0) is 27.2. The van der Waals surface area contributed by atoms with Gasteiger partial charge in [0.1, 0.15) is 0 Å². The molecule has 1 amide bonds. The van der Waals surface area contributed by atoms with Crippen LogP contribution in [0.25, 0.3) is 11.3 Å². The van der Waals surface area contributed by atoms with E-state index in [9.17, 15) is 4.79 Å². The van der Waals surface area contributed by atoms with Gasteiger partial charge in [0.05, 0.1) is 5.69 Å². The van der Waals surface area contributed by atoms with E-state index in [1.54, 1.807) is 18.6 Å². The number of benzene rings is 2. The Balaban J connectivity index is 1.32. The largest absolute Gasteiger partial charge is 0.324 e. The second-order valence-electron chi connectivity index (χ2n) is 10.4. The molecule has 1 fully saturated rings. The molecule has 3 heterocycles. The van der Waals surface area contributed by atoms with Gasteiger partial charge in [0.15, 0.2) is 0 Å². The third kappa shape index (κ3) is 6.67. The van der Waals surface area contributed by atoms with E-state index in [-0.39, 0.29) is 5.91 Å². The fraction of sp³-hybridized carbons (Fsp3) is 0.312. The molecule has 0 spiro atoms. The third-order valence-corrected chi connectivity index (χ3v) is 7.23. The highest BCUT2D eigenvalue weighted by molar-refractivity contribution is 6.05. The van der Waals surface area contributed by atoms with Crippen LogP contribution in [-0.2, 0) is 0 Å². The summed E-state index contributed by atoms with van der Waals surface area (Å²) in [5.74, 6) is 0.819. The van der Waals surface area contributed by atoms with Crippen molar-refractivity contribution in [3.8, 4) is 11.3 Å². The molecule has 2 aromatic carbocycles. The molecule has 1 unspecified atom stereocenters. The van der Waals surface area contributed by atoms with Crippen LogP contribution in [0.15, 0.2) is 73.2 Å². The molecule has 1 saturated heterocycles. The molecule has 2 aromatic heterocycles. The van der Waals surface area contributed by atoms with Crippen LogP contribution >= 0.6 is 0 Å². The summed E-state index contributed by atoms with van der Waals surface area (Å²) in [6.45, 7) is 9.74. The van der Waals surface area contributed by atoms with E-state index >= 15 is 0 Å². The maximum absolute atomic E-state index is 13.3. The summed E-state index contributed by atoms with van der Waals surface area (Å²) < 4.78 is 0. The van der Waals surface area contributed by atoms with E-state index in [2.05, 4.69) is 56.5 Å². The molecule has 0 aliphatic carbocycles. The average Bonchev–Trinajstić information content (AvgIpc) is 2.95. The quantitative estimate of drug-likeness (QED) is 0.268. The minimum atomic E-state index is -0.143. The Morgan fingerprint density at radius 3 is 2.79 bits per heavy atom. The van der Waals surface area contributed by atoms with Crippen LogP contribution in [0.1, 0.15) is 59.2 Å². The highest BCUT2D eigenvalue weighted by Crippen LogP contribution is 2.30. The summed E-state index contributed by atoms with van der Waals surface area (Å²) in [6.07, 6.45) is 8.80. The molecule has 2 N–H and O–H groups in total. The minimum absolute atomic E-state index is 0.143. The van der Waals surface area contributed by atoms with E-state index in [0.717, 1.165) is 46.8 Å². The monoisotopic (exact) mass is 520 g/mol. The van der Waals surface area contributed by atoms with Crippen LogP contribution in [-0.4, -0.2) is 45.4 Å². The number of piperidine rings is 1. The number of likely N-dealkylation sites (tertiary alicyclic amines) is 1. The fourth-order valence-corrected chi connectivity index (χ4v) is 5.28. The van der Waals surface area contributed by atoms with E-state index in [1.807, 2.05) is 49.4 Å². The van der Waals surface area contributed by atoms with Gasteiger partial charge < -0.3 is 15.5 Å². The predicted molar refractivity (Wildman–Crippen MR) is 158 cm³/mol. The van der Waals surface area contributed by atoms with E-state index in [0.29, 0.717) is 17.4 Å². The van der Waals surface area contributed by atoms with Crippen molar-refractivity contribution in [2.45, 2.75) is 46.0 Å². The lowest BCUT2D eigenvalue weighted by Gasteiger charge is -2.33. The van der Waals surface area contributed by atoms with E-state index in [4.69, 9.17) is 0 Å². The lowest BCUT2D eigenvalue weighted by molar-refractivity contribution is 0.102. The second kappa shape index (κ2) is 12.2. The second-order valence-corrected chi connectivity index (χ2v) is 10.4. The number of carbonyl (C=O) groups is 1. The predicted octanol–water partition coefficient (Wildman–Crippen LogP) is 6.74. The van der Waals surface area contributed by atoms with Crippen LogP contribution < -0.4 is 10.6 Å². The summed E-state index contributed by atoms with van der Waals surface area (Å²) in [5, 5.41) is 6.43. The number of hydrogen-bond donors (Lipinski definition) is 2. The zero-order valence-corrected chi connectivity index (χ0v) is 22.9. The standard InChI is InChI=1S/C32H36N6O/c1-4-14-38-15-6-8-26(21-38)27-16-22(2)17-28(18-27)35-31(39)24-10-9-23(3)30(19-24)37-32-34-13-11-29(36-32)25-7-5-12-33-20-25/h5,7,9-13,16-20,26H,4,6,8,14-15,21H2,1-3H3,(H,35,39)(H,34,36,37). The van der Waals surface area contributed by atoms with Crippen LogP contribution in [0.3, 0.4) is 0 Å². The van der Waals surface area contributed by atoms with Crippen molar-refractivity contribution in [3.63, 3.8) is 0 Å². The van der Waals surface area contributed by atoms with Gasteiger partial charge in [0, 0.05) is 47.6 Å².